The van der Waals surface area contributed by atoms with Gasteiger partial charge in [-0.25, -0.2) is 4.39 Å². The fourth-order valence-corrected chi connectivity index (χ4v) is 2.12. The second-order valence-electron chi connectivity index (χ2n) is 4.66. The molecule has 3 rings (SSSR count). The summed E-state index contributed by atoms with van der Waals surface area (Å²) < 4.78 is 18.8. The predicted molar refractivity (Wildman–Crippen MR) is 77.9 cm³/mol. The number of hydrogen-bond donors (Lipinski definition) is 0. The maximum Gasteiger partial charge on any atom is 0.150 e. The van der Waals surface area contributed by atoms with Crippen molar-refractivity contribution >= 4 is 17.2 Å². The van der Waals surface area contributed by atoms with Crippen molar-refractivity contribution in [3.8, 4) is 5.75 Å². The molecule has 1 aromatic heterocycles. The first kappa shape index (κ1) is 13.2. The molecule has 21 heavy (non-hydrogen) atoms. The molecule has 104 valence electrons. The summed E-state index contributed by atoms with van der Waals surface area (Å²) in [7, 11) is 0. The van der Waals surface area contributed by atoms with E-state index in [0.717, 1.165) is 16.5 Å². The Hall–Kier alpha value is -2.75. The van der Waals surface area contributed by atoms with Gasteiger partial charge in [0.05, 0.1) is 5.52 Å². The average molecular weight is 281 g/mol. The Morgan fingerprint density at radius 2 is 2.05 bits per heavy atom. The lowest BCUT2D eigenvalue weighted by atomic mass is 10.1. The van der Waals surface area contributed by atoms with Gasteiger partial charge in [-0.3, -0.25) is 9.78 Å². The van der Waals surface area contributed by atoms with E-state index in [1.165, 1.54) is 18.2 Å². The lowest BCUT2D eigenvalue weighted by Crippen LogP contribution is -1.97. The van der Waals surface area contributed by atoms with E-state index in [0.29, 0.717) is 18.6 Å². The molecule has 0 unspecified atom stereocenters. The van der Waals surface area contributed by atoms with Gasteiger partial charge in [-0.2, -0.15) is 0 Å². The zero-order chi connectivity index (χ0) is 14.7. The number of fused-ring (bicyclic) bond motifs is 1. The van der Waals surface area contributed by atoms with Crippen molar-refractivity contribution in [3.05, 3.63) is 71.7 Å². The minimum absolute atomic E-state index is 0.257. The first-order chi connectivity index (χ1) is 10.2. The molecule has 0 aliphatic carbocycles. The number of carbonyl (C=O) groups excluding carboxylic acids is 1. The number of carbonyl (C=O) groups is 1. The molecular formula is C17H12FNO2. The number of pyridine rings is 1. The van der Waals surface area contributed by atoms with Gasteiger partial charge in [0.25, 0.3) is 0 Å². The van der Waals surface area contributed by atoms with Gasteiger partial charge in [-0.15, -0.1) is 0 Å². The zero-order valence-corrected chi connectivity index (χ0v) is 11.1. The van der Waals surface area contributed by atoms with Gasteiger partial charge in [0.1, 0.15) is 24.5 Å². The van der Waals surface area contributed by atoms with E-state index in [9.17, 15) is 9.18 Å². The summed E-state index contributed by atoms with van der Waals surface area (Å²) in [5.41, 5.74) is 2.12. The number of nitrogens with zero attached hydrogens (tertiary/aromatic N) is 1. The smallest absolute Gasteiger partial charge is 0.150 e. The molecule has 0 saturated heterocycles. The molecule has 1 heterocycles. The van der Waals surface area contributed by atoms with Gasteiger partial charge in [-0.1, -0.05) is 12.1 Å². The van der Waals surface area contributed by atoms with Crippen molar-refractivity contribution in [1.82, 2.24) is 4.98 Å². The largest absolute Gasteiger partial charge is 0.489 e. The van der Waals surface area contributed by atoms with E-state index in [4.69, 9.17) is 4.74 Å². The molecule has 2 aromatic carbocycles. The molecule has 0 bridgehead atoms. The average Bonchev–Trinajstić information content (AvgIpc) is 2.52. The van der Waals surface area contributed by atoms with E-state index >= 15 is 0 Å². The lowest BCUT2D eigenvalue weighted by molar-refractivity contribution is 0.112. The third-order valence-electron chi connectivity index (χ3n) is 3.10. The van der Waals surface area contributed by atoms with Crippen LogP contribution < -0.4 is 4.74 Å². The van der Waals surface area contributed by atoms with Crippen LogP contribution in [0.15, 0.2) is 54.7 Å². The van der Waals surface area contributed by atoms with Crippen molar-refractivity contribution in [3.63, 3.8) is 0 Å². The summed E-state index contributed by atoms with van der Waals surface area (Å²) in [6.07, 6.45) is 2.34. The number of rotatable bonds is 4. The molecule has 0 N–H and O–H groups in total. The lowest BCUT2D eigenvalue weighted by Gasteiger charge is -2.08. The van der Waals surface area contributed by atoms with Crippen LogP contribution in [-0.2, 0) is 6.61 Å². The molecule has 0 spiro atoms. The number of halogens is 1. The highest BCUT2D eigenvalue weighted by molar-refractivity contribution is 5.79. The standard InChI is InChI=1S/C17H12FNO2/c18-15-7-13(10-20)8-16(9-15)21-11-12-3-4-17-14(6-12)2-1-5-19-17/h1-10H,11H2. The van der Waals surface area contributed by atoms with Crippen LogP contribution in [0.1, 0.15) is 15.9 Å². The third-order valence-corrected chi connectivity index (χ3v) is 3.10. The molecular weight excluding hydrogens is 269 g/mol. The highest BCUT2D eigenvalue weighted by atomic mass is 19.1. The van der Waals surface area contributed by atoms with Crippen molar-refractivity contribution in [2.45, 2.75) is 6.61 Å². The summed E-state index contributed by atoms with van der Waals surface area (Å²) >= 11 is 0. The quantitative estimate of drug-likeness (QED) is 0.683. The van der Waals surface area contributed by atoms with Crippen LogP contribution >= 0.6 is 0 Å². The molecule has 4 heteroatoms. The van der Waals surface area contributed by atoms with Crippen LogP contribution in [0.3, 0.4) is 0 Å². The maximum absolute atomic E-state index is 13.3. The van der Waals surface area contributed by atoms with Crippen molar-refractivity contribution in [2.75, 3.05) is 0 Å². The summed E-state index contributed by atoms with van der Waals surface area (Å²) in [6.45, 7) is 0.298. The van der Waals surface area contributed by atoms with Crippen LogP contribution in [0.25, 0.3) is 10.9 Å². The van der Waals surface area contributed by atoms with E-state index in [1.54, 1.807) is 6.20 Å². The topological polar surface area (TPSA) is 39.2 Å². The highest BCUT2D eigenvalue weighted by Crippen LogP contribution is 2.18. The molecule has 0 aliphatic rings. The summed E-state index contributed by atoms with van der Waals surface area (Å²) in [6, 6.07) is 13.6. The maximum atomic E-state index is 13.3. The number of ether oxygens (including phenoxy) is 1. The Balaban J connectivity index is 1.79. The van der Waals surface area contributed by atoms with Crippen molar-refractivity contribution in [1.29, 1.82) is 0 Å². The number of aromatic nitrogens is 1. The fourth-order valence-electron chi connectivity index (χ4n) is 2.12. The Morgan fingerprint density at radius 1 is 1.14 bits per heavy atom. The van der Waals surface area contributed by atoms with Crippen LogP contribution in [0.4, 0.5) is 4.39 Å². The van der Waals surface area contributed by atoms with Crippen LogP contribution in [0.2, 0.25) is 0 Å². The van der Waals surface area contributed by atoms with E-state index < -0.39 is 5.82 Å². The SMILES string of the molecule is O=Cc1cc(F)cc(OCc2ccc3ncccc3c2)c1. The Morgan fingerprint density at radius 3 is 2.90 bits per heavy atom. The normalized spacial score (nSPS) is 10.5. The predicted octanol–water partition coefficient (Wildman–Crippen LogP) is 3.77. The Labute approximate surface area is 121 Å². The van der Waals surface area contributed by atoms with Gasteiger partial charge < -0.3 is 4.74 Å². The van der Waals surface area contributed by atoms with Crippen molar-refractivity contribution in [2.24, 2.45) is 0 Å². The van der Waals surface area contributed by atoms with Crippen LogP contribution in [0, 0.1) is 5.82 Å². The summed E-state index contributed by atoms with van der Waals surface area (Å²) in [4.78, 5) is 14.9. The monoisotopic (exact) mass is 281 g/mol. The van der Waals surface area contributed by atoms with Gasteiger partial charge in [0.2, 0.25) is 0 Å². The molecule has 3 aromatic rings. The van der Waals surface area contributed by atoms with Crippen LogP contribution in [-0.4, -0.2) is 11.3 Å². The van der Waals surface area contributed by atoms with Crippen molar-refractivity contribution < 1.29 is 13.9 Å². The minimum atomic E-state index is -0.489. The van der Waals surface area contributed by atoms with Gasteiger partial charge in [0, 0.05) is 23.2 Å². The van der Waals surface area contributed by atoms with Crippen LogP contribution in [0.5, 0.6) is 5.75 Å². The minimum Gasteiger partial charge on any atom is -0.489 e. The van der Waals surface area contributed by atoms with Gasteiger partial charge in [0.15, 0.2) is 0 Å². The first-order valence-electron chi connectivity index (χ1n) is 6.47. The molecule has 0 fully saturated rings. The molecule has 0 saturated carbocycles. The fraction of sp³-hybridized carbons (Fsp3) is 0.0588. The third kappa shape index (κ3) is 3.05. The van der Waals surface area contributed by atoms with E-state index in [1.807, 2.05) is 30.3 Å². The Bertz CT molecular complexity index is 802. The summed E-state index contributed by atoms with van der Waals surface area (Å²) in [5, 5.41) is 1.02. The van der Waals surface area contributed by atoms with Gasteiger partial charge >= 0.3 is 0 Å². The zero-order valence-electron chi connectivity index (χ0n) is 11.1. The molecule has 3 nitrogen and oxygen atoms in total. The summed E-state index contributed by atoms with van der Waals surface area (Å²) in [5.74, 6) is -0.152. The first-order valence-corrected chi connectivity index (χ1v) is 6.47. The second-order valence-corrected chi connectivity index (χ2v) is 4.66. The molecule has 0 aliphatic heterocycles. The van der Waals surface area contributed by atoms with Gasteiger partial charge in [-0.05, 0) is 35.9 Å². The number of aldehydes is 1. The molecule has 0 atom stereocenters. The highest BCUT2D eigenvalue weighted by Gasteiger charge is 2.03. The second kappa shape index (κ2) is 5.71. The van der Waals surface area contributed by atoms with E-state index in [2.05, 4.69) is 4.98 Å². The number of benzene rings is 2. The van der Waals surface area contributed by atoms with E-state index in [-0.39, 0.29) is 5.56 Å². The number of hydrogen-bond acceptors (Lipinski definition) is 3. The molecule has 0 radical (unpaired) electrons. The Kier molecular flexibility index (Phi) is 3.60. The molecule has 0 amide bonds.